The highest BCUT2D eigenvalue weighted by Crippen LogP contribution is 2.45. The number of nitrogens with one attached hydrogen (secondary N) is 1. The number of halogens is 3. The van der Waals surface area contributed by atoms with Gasteiger partial charge in [0.1, 0.15) is 11.5 Å². The number of benzene rings is 2. The number of carbonyl (C=O) groups excluding carboxylic acids is 4. The van der Waals surface area contributed by atoms with Crippen LogP contribution in [0.1, 0.15) is 161 Å². The Morgan fingerprint density at radius 2 is 1.58 bits per heavy atom. The third-order valence-corrected chi connectivity index (χ3v) is 10.6. The summed E-state index contributed by atoms with van der Waals surface area (Å²) in [7, 11) is 0. The minimum Gasteiger partial charge on any atom is -0.466 e. The second-order valence-electron chi connectivity index (χ2n) is 16.2. The number of aryl methyl sites for hydroxylation is 3. The van der Waals surface area contributed by atoms with Crippen LogP contribution in [-0.2, 0) is 30.3 Å². The van der Waals surface area contributed by atoms with Crippen molar-refractivity contribution in [3.8, 4) is 5.75 Å². The molecule has 2 aromatic rings. The lowest BCUT2D eigenvalue weighted by Gasteiger charge is -2.30. The molecule has 0 bridgehead atoms. The number of Topliss-reactive ketones (excluding diaryl/α,β-unsaturated/α-hetero) is 1. The highest BCUT2D eigenvalue weighted by atomic mass is 19.4. The van der Waals surface area contributed by atoms with Crippen molar-refractivity contribution in [3.63, 3.8) is 0 Å². The van der Waals surface area contributed by atoms with Crippen LogP contribution in [-0.4, -0.2) is 36.4 Å². The van der Waals surface area contributed by atoms with Gasteiger partial charge in [-0.2, -0.15) is 0 Å². The first-order valence-corrected chi connectivity index (χ1v) is 21.6. The van der Waals surface area contributed by atoms with E-state index < -0.39 is 6.36 Å². The molecular weight excluding hydrogens is 768 g/mol. The maximum absolute atomic E-state index is 13.2. The molecule has 2 aliphatic carbocycles. The molecule has 10 heteroatoms. The fourth-order valence-electron chi connectivity index (χ4n) is 7.20. The van der Waals surface area contributed by atoms with E-state index in [9.17, 15) is 32.3 Å². The molecule has 2 atom stereocenters. The van der Waals surface area contributed by atoms with Gasteiger partial charge in [0.15, 0.2) is 5.78 Å². The molecule has 2 aromatic carbocycles. The van der Waals surface area contributed by atoms with Gasteiger partial charge in [-0.15, -0.1) is 13.2 Å². The van der Waals surface area contributed by atoms with E-state index in [0.29, 0.717) is 23.8 Å². The van der Waals surface area contributed by atoms with E-state index in [4.69, 9.17) is 0 Å². The normalized spacial score (nSPS) is 18.5. The molecule has 5 rings (SSSR count). The maximum Gasteiger partial charge on any atom is 0.573 e. The van der Waals surface area contributed by atoms with E-state index >= 15 is 0 Å². The second-order valence-corrected chi connectivity index (χ2v) is 16.2. The number of hydrogen-bond acceptors (Lipinski definition) is 6. The van der Waals surface area contributed by atoms with Crippen LogP contribution in [0, 0.1) is 25.2 Å². The van der Waals surface area contributed by atoms with Crippen molar-refractivity contribution in [1.82, 2.24) is 5.32 Å². The van der Waals surface area contributed by atoms with Crippen molar-refractivity contribution >= 4 is 29.1 Å². The predicted molar refractivity (Wildman–Crippen MR) is 237 cm³/mol. The van der Waals surface area contributed by atoms with Crippen LogP contribution in [0.25, 0.3) is 5.70 Å². The molecule has 0 radical (unpaired) electrons. The van der Waals surface area contributed by atoms with Gasteiger partial charge in [-0.25, -0.2) is 0 Å². The third kappa shape index (κ3) is 22.2. The number of esters is 1. The lowest BCUT2D eigenvalue weighted by atomic mass is 9.75. The minimum absolute atomic E-state index is 0.0123. The monoisotopic (exact) mass is 840 g/mol. The first-order chi connectivity index (χ1) is 28.2. The Kier molecular flexibility index (Phi) is 25.1. The topological polar surface area (TPSA) is 98.8 Å². The van der Waals surface area contributed by atoms with Gasteiger partial charge in [0.2, 0.25) is 5.91 Å². The summed E-state index contributed by atoms with van der Waals surface area (Å²) in [5.74, 6) is 0.566. The van der Waals surface area contributed by atoms with Crippen LogP contribution in [0.5, 0.6) is 5.75 Å². The van der Waals surface area contributed by atoms with Crippen molar-refractivity contribution in [2.75, 3.05) is 6.61 Å². The van der Waals surface area contributed by atoms with Crippen LogP contribution in [0.4, 0.5) is 13.2 Å². The molecule has 0 aromatic heterocycles. The van der Waals surface area contributed by atoms with Gasteiger partial charge in [0, 0.05) is 23.6 Å². The Hall–Kier alpha value is -4.47. The molecule has 1 heterocycles. The molecule has 60 heavy (non-hydrogen) atoms. The summed E-state index contributed by atoms with van der Waals surface area (Å²) in [6.07, 6.45) is 15.5. The lowest BCUT2D eigenvalue weighted by Crippen LogP contribution is -2.38. The van der Waals surface area contributed by atoms with Gasteiger partial charge < -0.3 is 19.6 Å². The first-order valence-electron chi connectivity index (χ1n) is 21.6. The van der Waals surface area contributed by atoms with Crippen LogP contribution < -0.4 is 10.1 Å². The van der Waals surface area contributed by atoms with Gasteiger partial charge in [-0.05, 0) is 154 Å². The van der Waals surface area contributed by atoms with Crippen molar-refractivity contribution in [2.24, 2.45) is 11.3 Å². The van der Waals surface area contributed by atoms with Gasteiger partial charge in [0.25, 0.3) is 0 Å². The van der Waals surface area contributed by atoms with Gasteiger partial charge in [-0.3, -0.25) is 14.4 Å². The zero-order chi connectivity index (χ0) is 45.3. The van der Waals surface area contributed by atoms with Crippen molar-refractivity contribution in [1.29, 1.82) is 0 Å². The molecule has 2 unspecified atom stereocenters. The van der Waals surface area contributed by atoms with Crippen molar-refractivity contribution in [2.45, 2.75) is 165 Å². The smallest absolute Gasteiger partial charge is 0.466 e. The number of ether oxygens (including phenoxy) is 2. The number of alkyl halides is 3. The third-order valence-electron chi connectivity index (χ3n) is 10.6. The van der Waals surface area contributed by atoms with Crippen LogP contribution >= 0.6 is 0 Å². The minimum atomic E-state index is -4.74. The summed E-state index contributed by atoms with van der Waals surface area (Å²) in [6, 6.07) is 12.5. The summed E-state index contributed by atoms with van der Waals surface area (Å²) in [5.41, 5.74) is 7.42. The standard InChI is InChI=1S/C22H28F3NO2.C11H16.C7H12O2.C7H10O.C3H6O/c1-3-16-6-5-11-21(13-10-16)12-9-15(2)19(26-20(21)27)17-7-4-8-18(14-17)28-22(23,24)25;1-4-5-11-7-6-9(2)8-10(11)3;1-3-4-5-6-9-7(2)8;1-6(8)5-7-3-2-4-7;1-3(2)4/h4,7-8,14,16H,3,5-6,9-13H2,1-2H3,(H,26,27);6-8H,4-5H2,1-3H3;3-4H,5-6H2,1-2H3;5H,2-4H2,1H3;1-2H3/b;;4-3-;;. The fourth-order valence-corrected chi connectivity index (χ4v) is 7.20. The fraction of sp³-hybridized carbons (Fsp3) is 0.560. The zero-order valence-corrected chi connectivity index (χ0v) is 38.0. The van der Waals surface area contributed by atoms with Crippen molar-refractivity contribution in [3.05, 3.63) is 94.1 Å². The molecule has 1 aliphatic heterocycles. The van der Waals surface area contributed by atoms with E-state index in [0.717, 1.165) is 69.8 Å². The molecule has 2 fully saturated rings. The quantitative estimate of drug-likeness (QED) is 0.117. The number of ketones is 2. The number of rotatable bonds is 9. The highest BCUT2D eigenvalue weighted by molar-refractivity contribution is 5.92. The van der Waals surface area contributed by atoms with Crippen LogP contribution in [0.3, 0.4) is 0 Å². The van der Waals surface area contributed by atoms with Gasteiger partial charge in [0.05, 0.1) is 6.61 Å². The molecule has 0 saturated heterocycles. The Labute approximate surface area is 358 Å². The first kappa shape index (κ1) is 53.5. The number of allylic oxidation sites excluding steroid dienone is 4. The number of hydrogen-bond donors (Lipinski definition) is 1. The molecule has 2 saturated carbocycles. The van der Waals surface area contributed by atoms with E-state index in [1.54, 1.807) is 19.1 Å². The maximum atomic E-state index is 13.2. The highest BCUT2D eigenvalue weighted by Gasteiger charge is 2.41. The largest absolute Gasteiger partial charge is 0.573 e. The van der Waals surface area contributed by atoms with Crippen molar-refractivity contribution < 1.29 is 41.8 Å². The Balaban J connectivity index is 0.000000458. The van der Waals surface area contributed by atoms with E-state index in [2.05, 4.69) is 60.7 Å². The summed E-state index contributed by atoms with van der Waals surface area (Å²) in [5, 5.41) is 3.06. The van der Waals surface area contributed by atoms with Crippen LogP contribution in [0.15, 0.2) is 71.8 Å². The molecule has 3 aliphatic rings. The molecule has 1 N–H and O–H groups in total. The molecule has 1 spiro atoms. The second kappa shape index (κ2) is 28.1. The average molecular weight is 840 g/mol. The van der Waals surface area contributed by atoms with E-state index in [1.165, 1.54) is 86.9 Å². The van der Waals surface area contributed by atoms with E-state index in [1.807, 2.05) is 26.0 Å². The Morgan fingerprint density at radius 1 is 0.900 bits per heavy atom. The molecule has 1 amide bonds. The number of amides is 1. The Morgan fingerprint density at radius 3 is 2.10 bits per heavy atom. The SMILES string of the molecule is C/C=C\CCOC(C)=O.CC(=O)C=C1CCC1.CC(C)=O.CCC1CCCC2(CCC(C)=C(c3cccc(OC(F)(F)F)c3)NC2=O)CC1.CCCc1ccc(C)cc1C. The molecule has 334 valence electrons. The zero-order valence-electron chi connectivity index (χ0n) is 38.0. The van der Waals surface area contributed by atoms with Gasteiger partial charge in [-0.1, -0.05) is 93.2 Å². The summed E-state index contributed by atoms with van der Waals surface area (Å²) < 4.78 is 46.4. The summed E-state index contributed by atoms with van der Waals surface area (Å²) in [4.78, 5) is 43.2. The summed E-state index contributed by atoms with van der Waals surface area (Å²) in [6.45, 7) is 19.2. The summed E-state index contributed by atoms with van der Waals surface area (Å²) >= 11 is 0. The van der Waals surface area contributed by atoms with E-state index in [-0.39, 0.29) is 34.6 Å². The average Bonchev–Trinajstić information content (AvgIpc) is 3.43. The number of carbonyl (C=O) groups is 4. The van der Waals surface area contributed by atoms with Gasteiger partial charge >= 0.3 is 12.3 Å². The predicted octanol–water partition coefficient (Wildman–Crippen LogP) is 13.3. The molecule has 7 nitrogen and oxygen atoms in total. The van der Waals surface area contributed by atoms with Crippen LogP contribution in [0.2, 0.25) is 0 Å². The Bertz CT molecular complexity index is 1750. The lowest BCUT2D eigenvalue weighted by molar-refractivity contribution is -0.274. The molecular formula is C50H72F3NO6.